The molecular weight excluding hydrogens is 374 g/mol. The Hall–Kier alpha value is 0.0500. The summed E-state index contributed by atoms with van der Waals surface area (Å²) < 4.78 is 32.2. The molecule has 96 valence electrons. The fraction of sp³-hybridized carbons (Fsp3) is 0.400. The molecular formula is C10H13Br2NO3S. The second kappa shape index (κ2) is 6.84. The van der Waals surface area contributed by atoms with Gasteiger partial charge in [-0.1, -0.05) is 28.1 Å². The lowest BCUT2D eigenvalue weighted by atomic mass is 10.4. The number of benzene rings is 1. The third kappa shape index (κ3) is 4.33. The smallest absolute Gasteiger partial charge is 0.242 e. The largest absolute Gasteiger partial charge is 0.383 e. The van der Waals surface area contributed by atoms with Gasteiger partial charge in [-0.25, -0.2) is 13.1 Å². The molecule has 4 nitrogen and oxygen atoms in total. The van der Waals surface area contributed by atoms with Crippen LogP contribution in [-0.4, -0.2) is 33.5 Å². The standard InChI is InChI=1S/C10H13Br2NO3S/c1-16-7-8(6-11)13-17(14,15)10-5-3-2-4-9(10)12/h2-5,8,13H,6-7H2,1H3. The van der Waals surface area contributed by atoms with Gasteiger partial charge in [0.05, 0.1) is 17.5 Å². The molecule has 0 spiro atoms. The van der Waals surface area contributed by atoms with Crippen LogP contribution in [0.3, 0.4) is 0 Å². The first-order valence-electron chi connectivity index (χ1n) is 4.83. The molecule has 1 atom stereocenters. The zero-order chi connectivity index (χ0) is 12.9. The van der Waals surface area contributed by atoms with Gasteiger partial charge in [0, 0.05) is 16.9 Å². The Morgan fingerprint density at radius 2 is 2.06 bits per heavy atom. The highest BCUT2D eigenvalue weighted by Gasteiger charge is 2.21. The molecule has 7 heteroatoms. The quantitative estimate of drug-likeness (QED) is 0.762. The van der Waals surface area contributed by atoms with Gasteiger partial charge in [-0.15, -0.1) is 0 Å². The number of hydrogen-bond acceptors (Lipinski definition) is 3. The number of nitrogens with one attached hydrogen (secondary N) is 1. The van der Waals surface area contributed by atoms with Gasteiger partial charge in [0.1, 0.15) is 0 Å². The van der Waals surface area contributed by atoms with Crippen LogP contribution in [0.2, 0.25) is 0 Å². The highest BCUT2D eigenvalue weighted by Crippen LogP contribution is 2.21. The third-order valence-electron chi connectivity index (χ3n) is 2.00. The van der Waals surface area contributed by atoms with E-state index in [2.05, 4.69) is 36.6 Å². The van der Waals surface area contributed by atoms with Gasteiger partial charge in [0.2, 0.25) is 10.0 Å². The van der Waals surface area contributed by atoms with Crippen LogP contribution in [0.5, 0.6) is 0 Å². The normalized spacial score (nSPS) is 13.6. The van der Waals surface area contributed by atoms with E-state index in [1.165, 1.54) is 7.11 Å². The predicted octanol–water partition coefficient (Wildman–Crippen LogP) is 2.14. The van der Waals surface area contributed by atoms with Crippen molar-refractivity contribution in [3.05, 3.63) is 28.7 Å². The molecule has 0 aliphatic heterocycles. The van der Waals surface area contributed by atoms with Crippen molar-refractivity contribution in [3.8, 4) is 0 Å². The molecule has 1 aromatic carbocycles. The number of alkyl halides is 1. The lowest BCUT2D eigenvalue weighted by molar-refractivity contribution is 0.182. The molecule has 1 unspecified atom stereocenters. The van der Waals surface area contributed by atoms with Crippen molar-refractivity contribution in [3.63, 3.8) is 0 Å². The molecule has 0 saturated carbocycles. The molecule has 0 radical (unpaired) electrons. The molecule has 17 heavy (non-hydrogen) atoms. The third-order valence-corrected chi connectivity index (χ3v) is 5.32. The van der Waals surface area contributed by atoms with E-state index in [1.807, 2.05) is 0 Å². The molecule has 0 amide bonds. The summed E-state index contributed by atoms with van der Waals surface area (Å²) in [6, 6.07) is 6.38. The minimum absolute atomic E-state index is 0.224. The minimum Gasteiger partial charge on any atom is -0.383 e. The first kappa shape index (κ1) is 15.1. The van der Waals surface area contributed by atoms with Crippen molar-refractivity contribution in [2.45, 2.75) is 10.9 Å². The van der Waals surface area contributed by atoms with E-state index >= 15 is 0 Å². The number of halogens is 2. The Kier molecular flexibility index (Phi) is 6.08. The van der Waals surface area contributed by atoms with Crippen LogP contribution < -0.4 is 4.72 Å². The molecule has 0 fully saturated rings. The van der Waals surface area contributed by atoms with Crippen molar-refractivity contribution in [1.29, 1.82) is 0 Å². The Morgan fingerprint density at radius 3 is 2.59 bits per heavy atom. The Bertz CT molecular complexity index is 464. The summed E-state index contributed by atoms with van der Waals surface area (Å²) in [5.74, 6) is 0. The van der Waals surface area contributed by atoms with Gasteiger partial charge in [0.15, 0.2) is 0 Å². The van der Waals surface area contributed by atoms with E-state index in [4.69, 9.17) is 4.74 Å². The summed E-state index contributed by atoms with van der Waals surface area (Å²) in [6.07, 6.45) is 0. The van der Waals surface area contributed by atoms with Gasteiger partial charge in [0.25, 0.3) is 0 Å². The van der Waals surface area contributed by atoms with Crippen LogP contribution in [0, 0.1) is 0 Å². The van der Waals surface area contributed by atoms with Crippen LogP contribution in [0.15, 0.2) is 33.6 Å². The van der Waals surface area contributed by atoms with Crippen molar-refractivity contribution in [2.24, 2.45) is 0 Å². The molecule has 0 saturated heterocycles. The second-order valence-electron chi connectivity index (χ2n) is 3.36. The lowest BCUT2D eigenvalue weighted by Gasteiger charge is -2.16. The predicted molar refractivity (Wildman–Crippen MR) is 73.9 cm³/mol. The van der Waals surface area contributed by atoms with E-state index in [9.17, 15) is 8.42 Å². The number of methoxy groups -OCH3 is 1. The zero-order valence-corrected chi connectivity index (χ0v) is 13.2. The van der Waals surface area contributed by atoms with E-state index in [-0.39, 0.29) is 10.9 Å². The van der Waals surface area contributed by atoms with Crippen LogP contribution in [0.25, 0.3) is 0 Å². The summed E-state index contributed by atoms with van der Waals surface area (Å²) in [5.41, 5.74) is 0. The summed E-state index contributed by atoms with van der Waals surface area (Å²) in [4.78, 5) is 0.224. The molecule has 0 aliphatic carbocycles. The van der Waals surface area contributed by atoms with E-state index < -0.39 is 10.0 Å². The molecule has 1 N–H and O–H groups in total. The van der Waals surface area contributed by atoms with Crippen LogP contribution in [0.1, 0.15) is 0 Å². The summed E-state index contributed by atoms with van der Waals surface area (Å²) in [5, 5.41) is 0.491. The molecule has 0 heterocycles. The van der Waals surface area contributed by atoms with E-state index in [0.29, 0.717) is 16.4 Å². The molecule has 0 aromatic heterocycles. The van der Waals surface area contributed by atoms with Gasteiger partial charge in [-0.3, -0.25) is 0 Å². The molecule has 1 rings (SSSR count). The van der Waals surface area contributed by atoms with Crippen LogP contribution >= 0.6 is 31.9 Å². The van der Waals surface area contributed by atoms with Gasteiger partial charge >= 0.3 is 0 Å². The lowest BCUT2D eigenvalue weighted by Crippen LogP contribution is -2.39. The maximum absolute atomic E-state index is 12.1. The Labute approximate surface area is 118 Å². The van der Waals surface area contributed by atoms with Crippen molar-refractivity contribution in [2.75, 3.05) is 19.0 Å². The topological polar surface area (TPSA) is 55.4 Å². The summed E-state index contributed by atoms with van der Waals surface area (Å²) in [6.45, 7) is 0.314. The minimum atomic E-state index is -3.53. The highest BCUT2D eigenvalue weighted by atomic mass is 79.9. The first-order chi connectivity index (χ1) is 8.01. The summed E-state index contributed by atoms with van der Waals surface area (Å²) in [7, 11) is -2.00. The fourth-order valence-corrected chi connectivity index (χ4v) is 4.04. The average molecular weight is 387 g/mol. The highest BCUT2D eigenvalue weighted by molar-refractivity contribution is 9.10. The molecule has 1 aromatic rings. The fourth-order valence-electron chi connectivity index (χ4n) is 1.26. The monoisotopic (exact) mass is 385 g/mol. The number of rotatable bonds is 6. The van der Waals surface area contributed by atoms with E-state index in [1.54, 1.807) is 24.3 Å². The number of ether oxygens (including phenoxy) is 1. The van der Waals surface area contributed by atoms with Crippen molar-refractivity contribution in [1.82, 2.24) is 4.72 Å². The van der Waals surface area contributed by atoms with Crippen LogP contribution in [-0.2, 0) is 14.8 Å². The summed E-state index contributed by atoms with van der Waals surface area (Å²) >= 11 is 6.46. The maximum atomic E-state index is 12.1. The van der Waals surface area contributed by atoms with Crippen molar-refractivity contribution < 1.29 is 13.2 Å². The second-order valence-corrected chi connectivity index (χ2v) is 6.54. The molecule has 0 aliphatic rings. The van der Waals surface area contributed by atoms with Crippen LogP contribution in [0.4, 0.5) is 0 Å². The average Bonchev–Trinajstić information content (AvgIpc) is 2.28. The van der Waals surface area contributed by atoms with Crippen molar-refractivity contribution >= 4 is 41.9 Å². The SMILES string of the molecule is COCC(CBr)NS(=O)(=O)c1ccccc1Br. The molecule has 0 bridgehead atoms. The zero-order valence-electron chi connectivity index (χ0n) is 9.19. The van der Waals surface area contributed by atoms with E-state index in [0.717, 1.165) is 0 Å². The van der Waals surface area contributed by atoms with Gasteiger partial charge in [-0.2, -0.15) is 0 Å². The van der Waals surface area contributed by atoms with Gasteiger partial charge in [-0.05, 0) is 28.1 Å². The van der Waals surface area contributed by atoms with Gasteiger partial charge < -0.3 is 4.74 Å². The number of hydrogen-bond donors (Lipinski definition) is 1. The maximum Gasteiger partial charge on any atom is 0.242 e. The first-order valence-corrected chi connectivity index (χ1v) is 8.22. The Balaban J connectivity index is 2.92. The Morgan fingerprint density at radius 1 is 1.41 bits per heavy atom. The number of sulfonamides is 1.